The molecule has 0 aliphatic rings. The van der Waals surface area contributed by atoms with Gasteiger partial charge in [0.25, 0.3) is 0 Å². The zero-order chi connectivity index (χ0) is 21.8. The molecular weight excluding hydrogens is 384 g/mol. The zero-order valence-corrected chi connectivity index (χ0v) is 19.0. The van der Waals surface area contributed by atoms with Crippen LogP contribution in [0.25, 0.3) is 33.3 Å². The molecule has 0 saturated carbocycles. The summed E-state index contributed by atoms with van der Waals surface area (Å²) in [5.74, 6) is 1.65. The van der Waals surface area contributed by atoms with E-state index >= 15 is 0 Å². The first kappa shape index (κ1) is 21.3. The van der Waals surface area contributed by atoms with Crippen LogP contribution in [0, 0.1) is 6.92 Å². The average Bonchev–Trinajstić information content (AvgIpc) is 3.25. The van der Waals surface area contributed by atoms with Crippen LogP contribution in [0.4, 0.5) is 5.82 Å². The van der Waals surface area contributed by atoms with Crippen LogP contribution in [0.1, 0.15) is 39.2 Å². The number of nitrogens with one attached hydrogen (secondary N) is 1. The van der Waals surface area contributed by atoms with Crippen molar-refractivity contribution >= 4 is 27.7 Å². The van der Waals surface area contributed by atoms with Crippen LogP contribution in [0.3, 0.4) is 0 Å². The van der Waals surface area contributed by atoms with Gasteiger partial charge in [-0.2, -0.15) is 0 Å². The molecule has 5 nitrogen and oxygen atoms in total. The largest absolute Gasteiger partial charge is 0.464 e. The highest BCUT2D eigenvalue weighted by Crippen LogP contribution is 2.29. The second kappa shape index (κ2) is 9.48. The quantitative estimate of drug-likeness (QED) is 0.348. The lowest BCUT2D eigenvalue weighted by Gasteiger charge is -2.21. The second-order valence-corrected chi connectivity index (χ2v) is 8.25. The SMILES string of the molecule is CCN(CC)CCCC(C)Nc1nc(-c2ccc3occc3c2)nc2c(C)cccc12. The monoisotopic (exact) mass is 416 g/mol. The van der Waals surface area contributed by atoms with Crippen LogP contribution in [0.5, 0.6) is 0 Å². The predicted molar refractivity (Wildman–Crippen MR) is 130 cm³/mol. The Morgan fingerprint density at radius 1 is 1.06 bits per heavy atom. The number of hydrogen-bond acceptors (Lipinski definition) is 5. The molecule has 2 aromatic carbocycles. The minimum Gasteiger partial charge on any atom is -0.464 e. The highest BCUT2D eigenvalue weighted by Gasteiger charge is 2.14. The Bertz CT molecular complexity index is 1160. The van der Waals surface area contributed by atoms with E-state index in [9.17, 15) is 0 Å². The number of benzene rings is 2. The van der Waals surface area contributed by atoms with Gasteiger partial charge in [-0.15, -0.1) is 0 Å². The summed E-state index contributed by atoms with van der Waals surface area (Å²) in [7, 11) is 0. The van der Waals surface area contributed by atoms with E-state index in [1.807, 2.05) is 18.2 Å². The van der Waals surface area contributed by atoms with Gasteiger partial charge < -0.3 is 14.6 Å². The van der Waals surface area contributed by atoms with Crippen molar-refractivity contribution in [2.24, 2.45) is 0 Å². The molecule has 31 heavy (non-hydrogen) atoms. The van der Waals surface area contributed by atoms with Crippen LogP contribution in [0.15, 0.2) is 53.1 Å². The summed E-state index contributed by atoms with van der Waals surface area (Å²) in [6, 6.07) is 14.7. The maximum absolute atomic E-state index is 5.49. The number of anilines is 1. The number of para-hydroxylation sites is 1. The number of furan rings is 1. The first-order valence-electron chi connectivity index (χ1n) is 11.3. The third-order valence-corrected chi connectivity index (χ3v) is 6.03. The Labute approximate surface area is 184 Å². The highest BCUT2D eigenvalue weighted by molar-refractivity contribution is 5.93. The molecule has 5 heteroatoms. The summed E-state index contributed by atoms with van der Waals surface area (Å²) >= 11 is 0. The average molecular weight is 417 g/mol. The van der Waals surface area contributed by atoms with Gasteiger partial charge in [0.15, 0.2) is 5.82 Å². The van der Waals surface area contributed by atoms with Gasteiger partial charge in [0, 0.05) is 22.4 Å². The molecule has 0 fully saturated rings. The molecule has 2 aromatic heterocycles. The summed E-state index contributed by atoms with van der Waals surface area (Å²) in [4.78, 5) is 12.4. The van der Waals surface area contributed by atoms with Crippen molar-refractivity contribution in [2.45, 2.75) is 46.6 Å². The summed E-state index contributed by atoms with van der Waals surface area (Å²) in [6.07, 6.45) is 3.98. The first-order valence-corrected chi connectivity index (χ1v) is 11.3. The van der Waals surface area contributed by atoms with Crippen molar-refractivity contribution in [2.75, 3.05) is 25.0 Å². The minimum absolute atomic E-state index is 0.332. The molecule has 162 valence electrons. The third-order valence-electron chi connectivity index (χ3n) is 6.03. The second-order valence-electron chi connectivity index (χ2n) is 8.25. The maximum Gasteiger partial charge on any atom is 0.162 e. The van der Waals surface area contributed by atoms with Crippen molar-refractivity contribution in [1.29, 1.82) is 0 Å². The Morgan fingerprint density at radius 3 is 2.71 bits per heavy atom. The summed E-state index contributed by atoms with van der Waals surface area (Å²) in [5, 5.41) is 5.81. The lowest BCUT2D eigenvalue weighted by molar-refractivity contribution is 0.295. The van der Waals surface area contributed by atoms with E-state index in [0.717, 1.165) is 70.7 Å². The number of rotatable bonds is 9. The fourth-order valence-corrected chi connectivity index (χ4v) is 4.11. The summed E-state index contributed by atoms with van der Waals surface area (Å²) < 4.78 is 5.49. The third kappa shape index (κ3) is 4.72. The Kier molecular flexibility index (Phi) is 6.52. The summed E-state index contributed by atoms with van der Waals surface area (Å²) in [6.45, 7) is 12.2. The van der Waals surface area contributed by atoms with Crippen molar-refractivity contribution in [1.82, 2.24) is 14.9 Å². The fraction of sp³-hybridized carbons (Fsp3) is 0.385. The molecule has 0 spiro atoms. The van der Waals surface area contributed by atoms with Crippen molar-refractivity contribution < 1.29 is 4.42 Å². The first-order chi connectivity index (χ1) is 15.1. The van der Waals surface area contributed by atoms with Crippen LogP contribution in [0.2, 0.25) is 0 Å². The Hall–Kier alpha value is -2.92. The molecule has 0 bridgehead atoms. The van der Waals surface area contributed by atoms with Gasteiger partial charge >= 0.3 is 0 Å². The fourth-order valence-electron chi connectivity index (χ4n) is 4.11. The van der Waals surface area contributed by atoms with E-state index in [2.05, 4.69) is 62.2 Å². The van der Waals surface area contributed by atoms with Gasteiger partial charge in [-0.25, -0.2) is 9.97 Å². The van der Waals surface area contributed by atoms with Crippen LogP contribution >= 0.6 is 0 Å². The molecule has 1 N–H and O–H groups in total. The minimum atomic E-state index is 0.332. The molecule has 0 aliphatic carbocycles. The van der Waals surface area contributed by atoms with Crippen LogP contribution in [-0.2, 0) is 0 Å². The molecule has 0 radical (unpaired) electrons. The topological polar surface area (TPSA) is 54.2 Å². The Morgan fingerprint density at radius 2 is 1.90 bits per heavy atom. The van der Waals surface area contributed by atoms with Gasteiger partial charge in [-0.3, -0.25) is 0 Å². The van der Waals surface area contributed by atoms with Gasteiger partial charge in [-0.05, 0) is 82.2 Å². The van der Waals surface area contributed by atoms with E-state index in [1.165, 1.54) is 6.42 Å². The van der Waals surface area contributed by atoms with Gasteiger partial charge in [0.05, 0.1) is 11.8 Å². The smallest absolute Gasteiger partial charge is 0.162 e. The molecule has 0 saturated heterocycles. The van der Waals surface area contributed by atoms with Gasteiger partial charge in [0.2, 0.25) is 0 Å². The normalized spacial score (nSPS) is 12.7. The number of aromatic nitrogens is 2. The van der Waals surface area contributed by atoms with Crippen molar-refractivity contribution in [3.8, 4) is 11.4 Å². The number of nitrogens with zero attached hydrogens (tertiary/aromatic N) is 3. The molecule has 4 aromatic rings. The molecule has 0 aliphatic heterocycles. The van der Waals surface area contributed by atoms with Crippen molar-refractivity contribution in [3.05, 3.63) is 54.3 Å². The number of fused-ring (bicyclic) bond motifs is 2. The van der Waals surface area contributed by atoms with E-state index in [-0.39, 0.29) is 0 Å². The highest BCUT2D eigenvalue weighted by atomic mass is 16.3. The zero-order valence-electron chi connectivity index (χ0n) is 19.0. The lowest BCUT2D eigenvalue weighted by Crippen LogP contribution is -2.25. The van der Waals surface area contributed by atoms with E-state index in [1.54, 1.807) is 6.26 Å². The molecular formula is C26H32N4O. The van der Waals surface area contributed by atoms with Crippen LogP contribution < -0.4 is 5.32 Å². The summed E-state index contributed by atoms with van der Waals surface area (Å²) in [5.41, 5.74) is 4.03. The number of aryl methyl sites for hydroxylation is 1. The molecule has 4 rings (SSSR count). The molecule has 1 atom stereocenters. The van der Waals surface area contributed by atoms with Gasteiger partial charge in [0.1, 0.15) is 11.4 Å². The molecule has 0 amide bonds. The van der Waals surface area contributed by atoms with E-state index < -0.39 is 0 Å². The standard InChI is InChI=1S/C26H32N4O/c1-5-30(6-2)15-8-10-19(4)27-26-22-11-7-9-18(3)24(22)28-25(29-26)21-12-13-23-20(17-21)14-16-31-23/h7,9,11-14,16-17,19H,5-6,8,10,15H2,1-4H3,(H,27,28,29). The van der Waals surface area contributed by atoms with E-state index in [0.29, 0.717) is 6.04 Å². The maximum atomic E-state index is 5.49. The van der Waals surface area contributed by atoms with Crippen LogP contribution in [-0.4, -0.2) is 40.5 Å². The molecule has 1 unspecified atom stereocenters. The van der Waals surface area contributed by atoms with E-state index in [4.69, 9.17) is 14.4 Å². The lowest BCUT2D eigenvalue weighted by atomic mass is 10.1. The van der Waals surface area contributed by atoms with Gasteiger partial charge in [-0.1, -0.05) is 26.0 Å². The number of hydrogen-bond donors (Lipinski definition) is 1. The van der Waals surface area contributed by atoms with Crippen molar-refractivity contribution in [3.63, 3.8) is 0 Å². The molecule has 2 heterocycles. The Balaban J connectivity index is 1.63. The predicted octanol–water partition coefficient (Wildman–Crippen LogP) is 6.27.